The minimum absolute atomic E-state index is 0.0765. The Bertz CT molecular complexity index is 555. The second kappa shape index (κ2) is 3.03. The average Bonchev–Trinajstić information content (AvgIpc) is 2.59. The highest BCUT2D eigenvalue weighted by Crippen LogP contribution is 2.41. The lowest BCUT2D eigenvalue weighted by Crippen LogP contribution is -2.27. The molecule has 1 N–H and O–H groups in total. The fourth-order valence-electron chi connectivity index (χ4n) is 2.17. The van der Waals surface area contributed by atoms with Crippen molar-refractivity contribution in [1.29, 1.82) is 0 Å². The zero-order valence-corrected chi connectivity index (χ0v) is 9.61. The molecule has 0 amide bonds. The summed E-state index contributed by atoms with van der Waals surface area (Å²) in [4.78, 5) is 11.5. The highest BCUT2D eigenvalue weighted by Gasteiger charge is 2.32. The second-order valence-corrected chi connectivity index (χ2v) is 4.78. The van der Waals surface area contributed by atoms with Gasteiger partial charge in [0.2, 0.25) is 0 Å². The van der Waals surface area contributed by atoms with Crippen molar-refractivity contribution >= 4 is 12.0 Å². The standard InChI is InChI=1S/C13H12O4/c1-13(2)4-3-7-8-6-16-12(15)11(8)9(14)5-10(7)17-13/h3-5,14H,6H2,1-2H3. The molecule has 0 atom stereocenters. The zero-order chi connectivity index (χ0) is 12.2. The van der Waals surface area contributed by atoms with E-state index in [-0.39, 0.29) is 17.9 Å². The Morgan fingerprint density at radius 1 is 1.41 bits per heavy atom. The van der Waals surface area contributed by atoms with Gasteiger partial charge in [0, 0.05) is 17.2 Å². The molecular weight excluding hydrogens is 220 g/mol. The fraction of sp³-hybridized carbons (Fsp3) is 0.308. The summed E-state index contributed by atoms with van der Waals surface area (Å²) in [5.41, 5.74) is 1.38. The van der Waals surface area contributed by atoms with Gasteiger partial charge in [-0.3, -0.25) is 0 Å². The molecule has 3 rings (SSSR count). The van der Waals surface area contributed by atoms with Crippen molar-refractivity contribution < 1.29 is 19.4 Å². The van der Waals surface area contributed by atoms with Gasteiger partial charge in [0.1, 0.15) is 29.3 Å². The van der Waals surface area contributed by atoms with E-state index in [4.69, 9.17) is 9.47 Å². The van der Waals surface area contributed by atoms with Gasteiger partial charge in [-0.1, -0.05) is 6.08 Å². The molecule has 1 aromatic rings. The van der Waals surface area contributed by atoms with E-state index in [1.54, 1.807) is 0 Å². The number of benzene rings is 1. The number of hydrogen-bond donors (Lipinski definition) is 1. The van der Waals surface area contributed by atoms with E-state index >= 15 is 0 Å². The summed E-state index contributed by atoms with van der Waals surface area (Å²) < 4.78 is 10.7. The van der Waals surface area contributed by atoms with Gasteiger partial charge in [-0.15, -0.1) is 0 Å². The molecule has 0 spiro atoms. The number of esters is 1. The number of carbonyl (C=O) groups is 1. The van der Waals surface area contributed by atoms with Crippen LogP contribution in [0.1, 0.15) is 35.3 Å². The fourth-order valence-corrected chi connectivity index (χ4v) is 2.17. The van der Waals surface area contributed by atoms with Crippen LogP contribution in [0.4, 0.5) is 0 Å². The van der Waals surface area contributed by atoms with Gasteiger partial charge in [-0.25, -0.2) is 4.79 Å². The molecule has 0 saturated heterocycles. The van der Waals surface area contributed by atoms with Crippen molar-refractivity contribution in [3.63, 3.8) is 0 Å². The molecule has 4 heteroatoms. The third kappa shape index (κ3) is 1.40. The molecule has 17 heavy (non-hydrogen) atoms. The third-order valence-corrected chi connectivity index (χ3v) is 2.99. The quantitative estimate of drug-likeness (QED) is 0.697. The van der Waals surface area contributed by atoms with E-state index in [1.807, 2.05) is 26.0 Å². The molecular formula is C13H12O4. The van der Waals surface area contributed by atoms with Gasteiger partial charge in [-0.2, -0.15) is 0 Å². The zero-order valence-electron chi connectivity index (χ0n) is 9.61. The molecule has 0 fully saturated rings. The summed E-state index contributed by atoms with van der Waals surface area (Å²) in [6.45, 7) is 4.05. The maximum absolute atomic E-state index is 11.5. The third-order valence-electron chi connectivity index (χ3n) is 2.99. The lowest BCUT2D eigenvalue weighted by atomic mass is 9.96. The Balaban J connectivity index is 2.24. The van der Waals surface area contributed by atoms with Crippen LogP contribution in [0.5, 0.6) is 11.5 Å². The first kappa shape index (κ1) is 10.2. The number of aromatic hydroxyl groups is 1. The summed E-state index contributed by atoms with van der Waals surface area (Å²) in [5, 5.41) is 9.82. The van der Waals surface area contributed by atoms with Crippen molar-refractivity contribution in [3.8, 4) is 11.5 Å². The van der Waals surface area contributed by atoms with Crippen molar-refractivity contribution in [2.45, 2.75) is 26.1 Å². The molecule has 0 bridgehead atoms. The Morgan fingerprint density at radius 3 is 2.94 bits per heavy atom. The summed E-state index contributed by atoms with van der Waals surface area (Å²) in [5.74, 6) is 0.0398. The Morgan fingerprint density at radius 2 is 2.18 bits per heavy atom. The number of ether oxygens (including phenoxy) is 2. The van der Waals surface area contributed by atoms with Gasteiger partial charge in [0.15, 0.2) is 0 Å². The molecule has 0 aromatic heterocycles. The first-order valence-electron chi connectivity index (χ1n) is 5.42. The van der Waals surface area contributed by atoms with Crippen LogP contribution in [-0.4, -0.2) is 16.7 Å². The molecule has 0 radical (unpaired) electrons. The van der Waals surface area contributed by atoms with Crippen LogP contribution in [-0.2, 0) is 11.3 Å². The normalized spacial score (nSPS) is 19.3. The van der Waals surface area contributed by atoms with Crippen LogP contribution < -0.4 is 4.74 Å². The Hall–Kier alpha value is -1.97. The van der Waals surface area contributed by atoms with Crippen LogP contribution in [0, 0.1) is 0 Å². The summed E-state index contributed by atoms with van der Waals surface area (Å²) in [7, 11) is 0. The topological polar surface area (TPSA) is 55.8 Å². The smallest absolute Gasteiger partial charge is 0.342 e. The number of carbonyl (C=O) groups excluding carboxylic acids is 1. The number of phenolic OH excluding ortho intramolecular Hbond substituents is 1. The Kier molecular flexibility index (Phi) is 1.82. The van der Waals surface area contributed by atoms with Crippen molar-refractivity contribution in [1.82, 2.24) is 0 Å². The number of cyclic esters (lactones) is 1. The molecule has 0 aliphatic carbocycles. The van der Waals surface area contributed by atoms with Gasteiger partial charge >= 0.3 is 5.97 Å². The lowest BCUT2D eigenvalue weighted by molar-refractivity contribution is 0.0533. The van der Waals surface area contributed by atoms with Gasteiger partial charge < -0.3 is 14.6 Å². The van der Waals surface area contributed by atoms with E-state index in [9.17, 15) is 9.90 Å². The number of fused-ring (bicyclic) bond motifs is 3. The average molecular weight is 232 g/mol. The molecule has 0 unspecified atom stereocenters. The molecule has 2 aliphatic rings. The van der Waals surface area contributed by atoms with Crippen LogP contribution in [0.3, 0.4) is 0 Å². The largest absolute Gasteiger partial charge is 0.507 e. The molecule has 88 valence electrons. The monoisotopic (exact) mass is 232 g/mol. The van der Waals surface area contributed by atoms with Crippen LogP contribution in [0.2, 0.25) is 0 Å². The van der Waals surface area contributed by atoms with Gasteiger partial charge in [0.25, 0.3) is 0 Å². The van der Waals surface area contributed by atoms with Crippen LogP contribution in [0.15, 0.2) is 12.1 Å². The van der Waals surface area contributed by atoms with Crippen LogP contribution >= 0.6 is 0 Å². The van der Waals surface area contributed by atoms with Crippen molar-refractivity contribution in [2.75, 3.05) is 0 Å². The predicted molar refractivity (Wildman–Crippen MR) is 61.0 cm³/mol. The lowest BCUT2D eigenvalue weighted by Gasteiger charge is -2.28. The van der Waals surface area contributed by atoms with Gasteiger partial charge in [0.05, 0.1) is 0 Å². The summed E-state index contributed by atoms with van der Waals surface area (Å²) >= 11 is 0. The molecule has 2 heterocycles. The number of hydrogen-bond acceptors (Lipinski definition) is 4. The van der Waals surface area contributed by atoms with E-state index in [2.05, 4.69) is 0 Å². The first-order chi connectivity index (χ1) is 7.98. The Labute approximate surface area is 98.5 Å². The molecule has 0 saturated carbocycles. The van der Waals surface area contributed by atoms with Gasteiger partial charge in [-0.05, 0) is 19.9 Å². The molecule has 1 aromatic carbocycles. The van der Waals surface area contributed by atoms with E-state index in [1.165, 1.54) is 6.07 Å². The minimum Gasteiger partial charge on any atom is -0.507 e. The SMILES string of the molecule is CC1(C)C=Cc2c(cc(O)c3c2COC3=O)O1. The van der Waals surface area contributed by atoms with E-state index < -0.39 is 11.6 Å². The van der Waals surface area contributed by atoms with E-state index in [0.717, 1.165) is 5.56 Å². The minimum atomic E-state index is -0.474. The highest BCUT2D eigenvalue weighted by molar-refractivity contribution is 5.98. The molecule has 4 nitrogen and oxygen atoms in total. The maximum atomic E-state index is 11.5. The van der Waals surface area contributed by atoms with E-state index in [0.29, 0.717) is 11.3 Å². The summed E-state index contributed by atoms with van der Waals surface area (Å²) in [6.07, 6.45) is 3.84. The maximum Gasteiger partial charge on any atom is 0.342 e. The first-order valence-corrected chi connectivity index (χ1v) is 5.42. The van der Waals surface area contributed by atoms with Crippen molar-refractivity contribution in [2.24, 2.45) is 0 Å². The van der Waals surface area contributed by atoms with Crippen molar-refractivity contribution in [3.05, 3.63) is 28.8 Å². The molecule has 2 aliphatic heterocycles. The summed E-state index contributed by atoms with van der Waals surface area (Å²) in [6, 6.07) is 1.48. The number of rotatable bonds is 0. The second-order valence-electron chi connectivity index (χ2n) is 4.78. The predicted octanol–water partition coefficient (Wildman–Crippen LogP) is 2.25. The van der Waals surface area contributed by atoms with Crippen LogP contribution in [0.25, 0.3) is 6.08 Å². The highest BCUT2D eigenvalue weighted by atomic mass is 16.5. The number of phenols is 1.